The van der Waals surface area contributed by atoms with E-state index in [4.69, 9.17) is 21.1 Å². The Bertz CT molecular complexity index is 920. The number of para-hydroxylation sites is 1. The maximum Gasteiger partial charge on any atom is 0.186 e. The van der Waals surface area contributed by atoms with Crippen LogP contribution in [0.5, 0.6) is 11.5 Å². The van der Waals surface area contributed by atoms with Crippen molar-refractivity contribution in [3.05, 3.63) is 53.2 Å². The number of carbonyl (C=O) groups excluding carboxylic acids is 1. The molecule has 0 bridgehead atoms. The second-order valence-electron chi connectivity index (χ2n) is 5.67. The van der Waals surface area contributed by atoms with Crippen LogP contribution in [0, 0.1) is 0 Å². The van der Waals surface area contributed by atoms with Crippen molar-refractivity contribution < 1.29 is 14.3 Å². The van der Waals surface area contributed by atoms with Gasteiger partial charge < -0.3 is 19.8 Å². The zero-order chi connectivity index (χ0) is 18.0. The third-order valence-corrected chi connectivity index (χ3v) is 4.39. The van der Waals surface area contributed by atoms with Crippen LogP contribution in [0.2, 0.25) is 5.02 Å². The number of methoxy groups -OCH3 is 2. The highest BCUT2D eigenvalue weighted by Gasteiger charge is 2.20. The molecule has 6 heteroatoms. The molecule has 1 atom stereocenters. The van der Waals surface area contributed by atoms with Gasteiger partial charge in [-0.05, 0) is 19.1 Å². The minimum Gasteiger partial charge on any atom is -0.495 e. The molecule has 2 N–H and O–H groups in total. The average molecular weight is 359 g/mol. The minimum absolute atomic E-state index is 0.0218. The van der Waals surface area contributed by atoms with Crippen LogP contribution in [0.15, 0.2) is 42.6 Å². The van der Waals surface area contributed by atoms with Crippen molar-refractivity contribution in [3.8, 4) is 11.5 Å². The third kappa shape index (κ3) is 3.28. The Morgan fingerprint density at radius 2 is 1.88 bits per heavy atom. The summed E-state index contributed by atoms with van der Waals surface area (Å²) in [5.41, 5.74) is 2.21. The monoisotopic (exact) mass is 358 g/mol. The summed E-state index contributed by atoms with van der Waals surface area (Å²) in [5, 5.41) is 4.52. The van der Waals surface area contributed by atoms with Crippen LogP contribution < -0.4 is 14.8 Å². The molecule has 0 spiro atoms. The molecule has 1 aromatic heterocycles. The summed E-state index contributed by atoms with van der Waals surface area (Å²) >= 11 is 6.19. The quantitative estimate of drug-likeness (QED) is 0.636. The lowest BCUT2D eigenvalue weighted by molar-refractivity contribution is 0.0977. The lowest BCUT2D eigenvalue weighted by Crippen LogP contribution is -2.26. The van der Waals surface area contributed by atoms with Gasteiger partial charge in [-0.25, -0.2) is 0 Å². The average Bonchev–Trinajstić information content (AvgIpc) is 3.05. The summed E-state index contributed by atoms with van der Waals surface area (Å²) < 4.78 is 10.6. The molecule has 0 saturated carbocycles. The van der Waals surface area contributed by atoms with E-state index in [9.17, 15) is 4.79 Å². The first-order valence-electron chi connectivity index (χ1n) is 7.83. The normalized spacial score (nSPS) is 12.0. The Morgan fingerprint density at radius 1 is 1.16 bits per heavy atom. The Morgan fingerprint density at radius 3 is 2.60 bits per heavy atom. The predicted molar refractivity (Wildman–Crippen MR) is 100 cm³/mol. The first kappa shape index (κ1) is 17.2. The molecule has 0 fully saturated rings. The summed E-state index contributed by atoms with van der Waals surface area (Å²) in [5.74, 6) is 1.05. The number of hydrogen-bond donors (Lipinski definition) is 2. The summed E-state index contributed by atoms with van der Waals surface area (Å²) in [6.45, 7) is 1.81. The third-order valence-electron chi connectivity index (χ3n) is 4.09. The number of H-pyrrole nitrogens is 1. The van der Waals surface area contributed by atoms with E-state index in [1.807, 2.05) is 31.2 Å². The molecule has 3 rings (SSSR count). The first-order valence-corrected chi connectivity index (χ1v) is 8.21. The fourth-order valence-corrected chi connectivity index (χ4v) is 3.02. The van der Waals surface area contributed by atoms with E-state index in [1.54, 1.807) is 25.4 Å². The second-order valence-corrected chi connectivity index (χ2v) is 6.07. The van der Waals surface area contributed by atoms with Gasteiger partial charge in [-0.3, -0.25) is 4.79 Å². The van der Waals surface area contributed by atoms with Crippen LogP contribution in [0.25, 0.3) is 10.9 Å². The molecule has 0 aliphatic carbocycles. The molecule has 0 aliphatic rings. The van der Waals surface area contributed by atoms with E-state index in [-0.39, 0.29) is 5.78 Å². The molecule has 0 amide bonds. The summed E-state index contributed by atoms with van der Waals surface area (Å²) in [4.78, 5) is 16.0. The first-order chi connectivity index (χ1) is 12.0. The molecule has 0 aliphatic heterocycles. The SMILES string of the molecule is COc1cc(OC)c(NC(C)C(=O)c2c[nH]c3ccccc23)cc1Cl. The number of fused-ring (bicyclic) bond motifs is 1. The topological polar surface area (TPSA) is 63.4 Å². The van der Waals surface area contributed by atoms with E-state index in [1.165, 1.54) is 7.11 Å². The molecule has 5 nitrogen and oxygen atoms in total. The largest absolute Gasteiger partial charge is 0.495 e. The van der Waals surface area contributed by atoms with Crippen molar-refractivity contribution in [2.45, 2.75) is 13.0 Å². The lowest BCUT2D eigenvalue weighted by Gasteiger charge is -2.18. The maximum absolute atomic E-state index is 12.9. The van der Waals surface area contributed by atoms with E-state index < -0.39 is 6.04 Å². The van der Waals surface area contributed by atoms with Crippen LogP contribution in [0.4, 0.5) is 5.69 Å². The molecule has 1 unspecified atom stereocenters. The summed E-state index contributed by atoms with van der Waals surface area (Å²) in [6, 6.07) is 10.6. The van der Waals surface area contributed by atoms with Crippen molar-refractivity contribution in [2.75, 3.05) is 19.5 Å². The number of ketones is 1. The molecular weight excluding hydrogens is 340 g/mol. The molecule has 2 aromatic carbocycles. The number of carbonyl (C=O) groups is 1. The zero-order valence-electron chi connectivity index (χ0n) is 14.2. The van der Waals surface area contributed by atoms with Crippen LogP contribution in [0.1, 0.15) is 17.3 Å². The standard InChI is InChI=1S/C19H19ClN2O3/c1-11(19(23)13-10-21-15-7-5-4-6-12(13)15)22-16-8-14(20)17(24-2)9-18(16)25-3/h4-11,21-22H,1-3H3. The molecule has 0 saturated heterocycles. The Hall–Kier alpha value is -2.66. The van der Waals surface area contributed by atoms with Gasteiger partial charge in [-0.15, -0.1) is 0 Å². The van der Waals surface area contributed by atoms with Gasteiger partial charge >= 0.3 is 0 Å². The Balaban J connectivity index is 1.88. The van der Waals surface area contributed by atoms with E-state index in [0.29, 0.717) is 27.8 Å². The number of ether oxygens (including phenoxy) is 2. The van der Waals surface area contributed by atoms with E-state index >= 15 is 0 Å². The fraction of sp³-hybridized carbons (Fsp3) is 0.211. The molecule has 3 aromatic rings. The van der Waals surface area contributed by atoms with Gasteiger partial charge in [0.2, 0.25) is 0 Å². The number of rotatable bonds is 6. The van der Waals surface area contributed by atoms with Crippen molar-refractivity contribution in [2.24, 2.45) is 0 Å². The summed E-state index contributed by atoms with van der Waals surface area (Å²) in [7, 11) is 3.09. The maximum atomic E-state index is 12.9. The van der Waals surface area contributed by atoms with E-state index in [2.05, 4.69) is 10.3 Å². The van der Waals surface area contributed by atoms with Gasteiger partial charge in [0.1, 0.15) is 11.5 Å². The smallest absolute Gasteiger partial charge is 0.186 e. The van der Waals surface area contributed by atoms with Crippen molar-refractivity contribution >= 4 is 34.0 Å². The molecule has 25 heavy (non-hydrogen) atoms. The number of anilines is 1. The van der Waals surface area contributed by atoms with Crippen molar-refractivity contribution in [1.29, 1.82) is 0 Å². The summed E-state index contributed by atoms with van der Waals surface area (Å²) in [6.07, 6.45) is 1.74. The highest BCUT2D eigenvalue weighted by Crippen LogP contribution is 2.36. The number of nitrogens with one attached hydrogen (secondary N) is 2. The van der Waals surface area contributed by atoms with Gasteiger partial charge in [-0.1, -0.05) is 29.8 Å². The molecule has 1 heterocycles. The zero-order valence-corrected chi connectivity index (χ0v) is 15.0. The van der Waals surface area contributed by atoms with Gasteiger partial charge in [0.25, 0.3) is 0 Å². The number of halogens is 1. The Labute approximate surface area is 150 Å². The van der Waals surface area contributed by atoms with Gasteiger partial charge in [-0.2, -0.15) is 0 Å². The van der Waals surface area contributed by atoms with Gasteiger partial charge in [0.15, 0.2) is 5.78 Å². The van der Waals surface area contributed by atoms with Crippen LogP contribution in [0.3, 0.4) is 0 Å². The van der Waals surface area contributed by atoms with Crippen LogP contribution in [-0.2, 0) is 0 Å². The van der Waals surface area contributed by atoms with Gasteiger partial charge in [0.05, 0.1) is 31.0 Å². The number of aromatic amines is 1. The fourth-order valence-electron chi connectivity index (χ4n) is 2.78. The van der Waals surface area contributed by atoms with Crippen LogP contribution in [-0.4, -0.2) is 31.0 Å². The number of Topliss-reactive ketones (excluding diaryl/α,β-unsaturated/α-hetero) is 1. The minimum atomic E-state index is -0.461. The number of benzene rings is 2. The van der Waals surface area contributed by atoms with E-state index in [0.717, 1.165) is 10.9 Å². The molecule has 130 valence electrons. The second kappa shape index (κ2) is 7.07. The lowest BCUT2D eigenvalue weighted by atomic mass is 10.0. The predicted octanol–water partition coefficient (Wildman–Crippen LogP) is 4.52. The highest BCUT2D eigenvalue weighted by atomic mass is 35.5. The molecule has 0 radical (unpaired) electrons. The Kier molecular flexibility index (Phi) is 4.86. The molecular formula is C19H19ClN2O3. The van der Waals surface area contributed by atoms with Crippen molar-refractivity contribution in [3.63, 3.8) is 0 Å². The highest BCUT2D eigenvalue weighted by molar-refractivity contribution is 6.32. The van der Waals surface area contributed by atoms with Crippen molar-refractivity contribution in [1.82, 2.24) is 4.98 Å². The number of aromatic nitrogens is 1. The van der Waals surface area contributed by atoms with Crippen LogP contribution >= 0.6 is 11.6 Å². The van der Waals surface area contributed by atoms with Gasteiger partial charge in [0, 0.05) is 28.7 Å². The number of hydrogen-bond acceptors (Lipinski definition) is 4.